The molecule has 1 saturated carbocycles. The Morgan fingerprint density at radius 3 is 2.78 bits per heavy atom. The standard InChI is InChI=1S/C22H25N5/c1-22(2,3)8-6-16-10-17(11-18-20(16)26-27-21(18)23)15-7-9-24-19(12-15)25-13-14-4-5-14/h7,9-12,14H,4-5,13H2,1-3H3,(H,24,25)(H3,23,26,27). The molecular formula is C22H25N5. The van der Waals surface area contributed by atoms with Gasteiger partial charge in [0.05, 0.1) is 11.1 Å². The molecule has 5 heteroatoms. The maximum atomic E-state index is 6.08. The molecule has 0 aliphatic heterocycles. The molecule has 1 aliphatic rings. The smallest absolute Gasteiger partial charge is 0.153 e. The van der Waals surface area contributed by atoms with Gasteiger partial charge >= 0.3 is 0 Å². The summed E-state index contributed by atoms with van der Waals surface area (Å²) in [6.07, 6.45) is 4.48. The number of hydrogen-bond donors (Lipinski definition) is 3. The van der Waals surface area contributed by atoms with Crippen LogP contribution in [0.1, 0.15) is 39.2 Å². The molecule has 0 atom stereocenters. The zero-order valence-electron chi connectivity index (χ0n) is 16.1. The summed E-state index contributed by atoms with van der Waals surface area (Å²) in [5.74, 6) is 8.81. The lowest BCUT2D eigenvalue weighted by Crippen LogP contribution is -2.04. The van der Waals surface area contributed by atoms with E-state index in [4.69, 9.17) is 5.73 Å². The van der Waals surface area contributed by atoms with Crippen molar-refractivity contribution in [1.82, 2.24) is 15.2 Å². The average molecular weight is 359 g/mol. The van der Waals surface area contributed by atoms with E-state index in [2.05, 4.69) is 71.3 Å². The summed E-state index contributed by atoms with van der Waals surface area (Å²) >= 11 is 0. The Kier molecular flexibility index (Phi) is 4.27. The van der Waals surface area contributed by atoms with Gasteiger partial charge in [-0.3, -0.25) is 5.10 Å². The second kappa shape index (κ2) is 6.62. The van der Waals surface area contributed by atoms with Gasteiger partial charge in [-0.05, 0) is 74.9 Å². The maximum Gasteiger partial charge on any atom is 0.153 e. The molecule has 3 aromatic rings. The van der Waals surface area contributed by atoms with Gasteiger partial charge in [0.1, 0.15) is 5.82 Å². The van der Waals surface area contributed by atoms with Crippen LogP contribution < -0.4 is 11.1 Å². The summed E-state index contributed by atoms with van der Waals surface area (Å²) in [7, 11) is 0. The van der Waals surface area contributed by atoms with Crippen LogP contribution in [0.15, 0.2) is 30.5 Å². The summed E-state index contributed by atoms with van der Waals surface area (Å²) in [4.78, 5) is 4.44. The van der Waals surface area contributed by atoms with Crippen molar-refractivity contribution in [1.29, 1.82) is 0 Å². The first-order valence-corrected chi connectivity index (χ1v) is 9.40. The molecule has 27 heavy (non-hydrogen) atoms. The highest BCUT2D eigenvalue weighted by molar-refractivity contribution is 5.96. The molecule has 0 bridgehead atoms. The van der Waals surface area contributed by atoms with Crippen LogP contribution in [0, 0.1) is 23.2 Å². The van der Waals surface area contributed by atoms with Crippen molar-refractivity contribution in [2.75, 3.05) is 17.6 Å². The van der Waals surface area contributed by atoms with Gasteiger partial charge in [0.2, 0.25) is 0 Å². The Balaban J connectivity index is 1.75. The number of nitrogens with zero attached hydrogens (tertiary/aromatic N) is 2. The number of fused-ring (bicyclic) bond motifs is 1. The van der Waals surface area contributed by atoms with Gasteiger partial charge in [-0.25, -0.2) is 4.98 Å². The average Bonchev–Trinajstić information content (AvgIpc) is 3.40. The van der Waals surface area contributed by atoms with E-state index >= 15 is 0 Å². The molecule has 0 spiro atoms. The summed E-state index contributed by atoms with van der Waals surface area (Å²) in [6, 6.07) is 8.26. The van der Waals surface area contributed by atoms with Crippen molar-refractivity contribution in [2.24, 2.45) is 11.3 Å². The zero-order valence-corrected chi connectivity index (χ0v) is 16.1. The topological polar surface area (TPSA) is 79.6 Å². The van der Waals surface area contributed by atoms with Gasteiger partial charge in [0, 0.05) is 23.5 Å². The third kappa shape index (κ3) is 4.06. The van der Waals surface area contributed by atoms with E-state index in [-0.39, 0.29) is 5.41 Å². The zero-order chi connectivity index (χ0) is 19.0. The minimum atomic E-state index is -0.0789. The highest BCUT2D eigenvalue weighted by atomic mass is 15.1. The van der Waals surface area contributed by atoms with Crippen LogP contribution in [0.5, 0.6) is 0 Å². The summed E-state index contributed by atoms with van der Waals surface area (Å²) < 4.78 is 0. The minimum absolute atomic E-state index is 0.0789. The number of nitrogen functional groups attached to an aromatic ring is 1. The Hall–Kier alpha value is -3.00. The molecule has 0 radical (unpaired) electrons. The molecule has 0 unspecified atom stereocenters. The van der Waals surface area contributed by atoms with Crippen LogP contribution in [0.25, 0.3) is 22.0 Å². The molecule has 4 N–H and O–H groups in total. The normalized spacial score (nSPS) is 14.0. The molecular weight excluding hydrogens is 334 g/mol. The van der Waals surface area contributed by atoms with Gasteiger partial charge in [0.25, 0.3) is 0 Å². The number of benzene rings is 1. The van der Waals surface area contributed by atoms with E-state index in [0.717, 1.165) is 45.9 Å². The monoisotopic (exact) mass is 359 g/mol. The number of H-pyrrole nitrogens is 1. The molecule has 2 aromatic heterocycles. The van der Waals surface area contributed by atoms with Crippen LogP contribution in [-0.2, 0) is 0 Å². The van der Waals surface area contributed by atoms with Crippen LogP contribution in [0.2, 0.25) is 0 Å². The number of aromatic nitrogens is 3. The van der Waals surface area contributed by atoms with Crippen molar-refractivity contribution in [3.8, 4) is 23.0 Å². The Morgan fingerprint density at radius 2 is 2.04 bits per heavy atom. The first kappa shape index (κ1) is 17.4. The van der Waals surface area contributed by atoms with Crippen LogP contribution in [0.3, 0.4) is 0 Å². The largest absolute Gasteiger partial charge is 0.382 e. The molecule has 1 aliphatic carbocycles. The van der Waals surface area contributed by atoms with Crippen molar-refractivity contribution in [3.63, 3.8) is 0 Å². The second-order valence-corrected chi connectivity index (χ2v) is 8.31. The van der Waals surface area contributed by atoms with Crippen molar-refractivity contribution >= 4 is 22.5 Å². The molecule has 4 rings (SSSR count). The highest BCUT2D eigenvalue weighted by Gasteiger charge is 2.20. The predicted octanol–water partition coefficient (Wildman–Crippen LogP) is 4.43. The van der Waals surface area contributed by atoms with E-state index in [1.165, 1.54) is 12.8 Å². The summed E-state index contributed by atoms with van der Waals surface area (Å²) in [6.45, 7) is 7.29. The Bertz CT molecular complexity index is 1040. The number of pyridine rings is 1. The fourth-order valence-electron chi connectivity index (χ4n) is 2.94. The maximum absolute atomic E-state index is 6.08. The molecule has 5 nitrogen and oxygen atoms in total. The number of hydrogen-bond acceptors (Lipinski definition) is 4. The van der Waals surface area contributed by atoms with E-state index in [9.17, 15) is 0 Å². The SMILES string of the molecule is CC(C)(C)C#Cc1cc(-c2ccnc(NCC3CC3)c2)cc2c(N)n[nH]c12. The van der Waals surface area contributed by atoms with Gasteiger partial charge in [-0.2, -0.15) is 5.10 Å². The van der Waals surface area contributed by atoms with Crippen LogP contribution in [0.4, 0.5) is 11.6 Å². The highest BCUT2D eigenvalue weighted by Crippen LogP contribution is 2.31. The number of anilines is 2. The predicted molar refractivity (Wildman–Crippen MR) is 111 cm³/mol. The lowest BCUT2D eigenvalue weighted by atomic mass is 9.96. The number of nitrogens with one attached hydrogen (secondary N) is 2. The third-order valence-corrected chi connectivity index (χ3v) is 4.64. The third-order valence-electron chi connectivity index (χ3n) is 4.64. The van der Waals surface area contributed by atoms with E-state index in [1.54, 1.807) is 0 Å². The van der Waals surface area contributed by atoms with E-state index in [0.29, 0.717) is 5.82 Å². The van der Waals surface area contributed by atoms with Gasteiger partial charge < -0.3 is 11.1 Å². The van der Waals surface area contributed by atoms with Gasteiger partial charge in [-0.15, -0.1) is 0 Å². The lowest BCUT2D eigenvalue weighted by Gasteiger charge is -2.09. The van der Waals surface area contributed by atoms with Gasteiger partial charge in [0.15, 0.2) is 5.82 Å². The molecule has 1 fully saturated rings. The molecule has 0 amide bonds. The number of rotatable bonds is 4. The van der Waals surface area contributed by atoms with Crippen molar-refractivity contribution < 1.29 is 0 Å². The quantitative estimate of drug-likeness (QED) is 0.602. The second-order valence-electron chi connectivity index (χ2n) is 8.31. The number of aromatic amines is 1. The summed E-state index contributed by atoms with van der Waals surface area (Å²) in [5.41, 5.74) is 9.94. The van der Waals surface area contributed by atoms with E-state index in [1.807, 2.05) is 12.3 Å². The fraction of sp³-hybridized carbons (Fsp3) is 0.364. The first-order valence-electron chi connectivity index (χ1n) is 9.40. The molecule has 1 aromatic carbocycles. The van der Waals surface area contributed by atoms with Crippen LogP contribution in [-0.4, -0.2) is 21.7 Å². The van der Waals surface area contributed by atoms with Crippen LogP contribution >= 0.6 is 0 Å². The molecule has 2 heterocycles. The summed E-state index contributed by atoms with van der Waals surface area (Å²) in [5, 5.41) is 11.5. The van der Waals surface area contributed by atoms with Crippen molar-refractivity contribution in [2.45, 2.75) is 33.6 Å². The van der Waals surface area contributed by atoms with Crippen molar-refractivity contribution in [3.05, 3.63) is 36.0 Å². The van der Waals surface area contributed by atoms with E-state index < -0.39 is 0 Å². The lowest BCUT2D eigenvalue weighted by molar-refractivity contribution is 0.571. The Labute approximate surface area is 159 Å². The molecule has 0 saturated heterocycles. The first-order chi connectivity index (χ1) is 12.9. The Morgan fingerprint density at radius 1 is 1.22 bits per heavy atom. The molecule has 138 valence electrons. The fourth-order valence-corrected chi connectivity index (χ4v) is 2.94. The minimum Gasteiger partial charge on any atom is -0.382 e. The number of nitrogens with two attached hydrogens (primary N) is 1. The van der Waals surface area contributed by atoms with Gasteiger partial charge in [-0.1, -0.05) is 11.8 Å².